The van der Waals surface area contributed by atoms with Crippen LogP contribution in [0.25, 0.3) is 0 Å². The van der Waals surface area contributed by atoms with Crippen LogP contribution in [-0.4, -0.2) is 51.4 Å². The smallest absolute Gasteiger partial charge is 0.419 e. The van der Waals surface area contributed by atoms with Crippen LogP contribution in [0.15, 0.2) is 0 Å². The van der Waals surface area contributed by atoms with Gasteiger partial charge in [-0.3, -0.25) is 4.90 Å². The van der Waals surface area contributed by atoms with Gasteiger partial charge in [0.1, 0.15) is 0 Å². The van der Waals surface area contributed by atoms with Gasteiger partial charge in [-0.1, -0.05) is 6.92 Å². The molecule has 0 amide bonds. The second-order valence-corrected chi connectivity index (χ2v) is 6.61. The number of carbonyl (C=O) groups excluding carboxylic acids is 2. The molecular formula is C14H17N3O5S. The fourth-order valence-electron chi connectivity index (χ4n) is 3.65. The van der Waals surface area contributed by atoms with Crippen LogP contribution < -0.4 is 4.74 Å². The lowest BCUT2D eigenvalue weighted by atomic mass is 9.87. The van der Waals surface area contributed by atoms with E-state index >= 15 is 0 Å². The summed E-state index contributed by atoms with van der Waals surface area (Å²) in [4.78, 5) is 25.6. The van der Waals surface area contributed by atoms with Crippen LogP contribution >= 0.6 is 11.7 Å². The molecule has 0 saturated carbocycles. The molecule has 4 rings (SSSR count). The maximum Gasteiger partial charge on any atom is 0.419 e. The van der Waals surface area contributed by atoms with Gasteiger partial charge in [0.15, 0.2) is 11.8 Å². The van der Waals surface area contributed by atoms with Gasteiger partial charge < -0.3 is 14.2 Å². The molecule has 3 aliphatic heterocycles. The lowest BCUT2D eigenvalue weighted by Gasteiger charge is -2.48. The normalized spacial score (nSPS) is 35.4. The van der Waals surface area contributed by atoms with Gasteiger partial charge in [0.2, 0.25) is 0 Å². The fourth-order valence-corrected chi connectivity index (χ4v) is 4.20. The van der Waals surface area contributed by atoms with E-state index in [1.165, 1.54) is 0 Å². The lowest BCUT2D eigenvalue weighted by molar-refractivity contribution is -0.262. The molecular weight excluding hydrogens is 322 g/mol. The number of carbonyl (C=O) groups is 2. The van der Waals surface area contributed by atoms with Gasteiger partial charge in [-0.2, -0.15) is 4.37 Å². The van der Waals surface area contributed by atoms with Crippen molar-refractivity contribution in [3.05, 3.63) is 5.69 Å². The number of esters is 2. The molecule has 124 valence electrons. The zero-order valence-electron chi connectivity index (χ0n) is 12.7. The number of hydrogen-bond acceptors (Lipinski definition) is 9. The topological polar surface area (TPSA) is 90.9 Å². The van der Waals surface area contributed by atoms with Gasteiger partial charge in [-0.05, 0) is 25.2 Å². The molecule has 0 spiro atoms. The fraction of sp³-hybridized carbons (Fsp3) is 0.714. The van der Waals surface area contributed by atoms with Crippen molar-refractivity contribution in [2.75, 3.05) is 19.7 Å². The second-order valence-electron chi connectivity index (χ2n) is 6.08. The van der Waals surface area contributed by atoms with Crippen molar-refractivity contribution in [3.8, 4) is 5.88 Å². The third-order valence-corrected chi connectivity index (χ3v) is 5.16. The Hall–Kier alpha value is -1.74. The molecule has 8 nitrogen and oxygen atoms in total. The average molecular weight is 339 g/mol. The Labute approximate surface area is 137 Å². The first-order valence-electron chi connectivity index (χ1n) is 7.80. The highest BCUT2D eigenvalue weighted by atomic mass is 32.1. The number of hydrogen-bond donors (Lipinski definition) is 0. The first-order valence-corrected chi connectivity index (χ1v) is 8.53. The first-order chi connectivity index (χ1) is 11.1. The monoisotopic (exact) mass is 339 g/mol. The summed E-state index contributed by atoms with van der Waals surface area (Å²) in [6.45, 7) is 4.03. The molecule has 3 fully saturated rings. The quantitative estimate of drug-likeness (QED) is 0.584. The van der Waals surface area contributed by atoms with E-state index in [-0.39, 0.29) is 0 Å². The maximum atomic E-state index is 11.9. The SMILES string of the molecule is CCCOc1nsnc1C12OC(=O)C(=O)OC1CC1CCN2C1. The number of aromatic nitrogens is 2. The van der Waals surface area contributed by atoms with Crippen molar-refractivity contribution in [1.29, 1.82) is 0 Å². The Balaban J connectivity index is 1.79. The van der Waals surface area contributed by atoms with E-state index < -0.39 is 23.8 Å². The number of piperidine rings is 1. The van der Waals surface area contributed by atoms with Gasteiger partial charge in [0.05, 0.1) is 18.3 Å². The predicted octanol–water partition coefficient (Wildman–Crippen LogP) is 0.674. The molecule has 0 aromatic carbocycles. The highest BCUT2D eigenvalue weighted by Gasteiger charge is 2.63. The summed E-state index contributed by atoms with van der Waals surface area (Å²) in [5.41, 5.74) is -0.754. The van der Waals surface area contributed by atoms with Crippen molar-refractivity contribution < 1.29 is 23.8 Å². The van der Waals surface area contributed by atoms with Crippen LogP contribution in [-0.2, 0) is 24.8 Å². The molecule has 0 radical (unpaired) electrons. The molecule has 4 heterocycles. The highest BCUT2D eigenvalue weighted by Crippen LogP contribution is 2.50. The Kier molecular flexibility index (Phi) is 3.49. The van der Waals surface area contributed by atoms with Crippen molar-refractivity contribution >= 4 is 23.7 Å². The highest BCUT2D eigenvalue weighted by molar-refractivity contribution is 6.99. The summed E-state index contributed by atoms with van der Waals surface area (Å²) in [5.74, 6) is -1.13. The zero-order chi connectivity index (χ0) is 16.0. The van der Waals surface area contributed by atoms with Gasteiger partial charge in [0.25, 0.3) is 11.6 Å². The van der Waals surface area contributed by atoms with Gasteiger partial charge >= 0.3 is 11.9 Å². The number of fused-ring (bicyclic) bond motifs is 4. The third-order valence-electron chi connectivity index (χ3n) is 4.64. The summed E-state index contributed by atoms with van der Waals surface area (Å²) in [7, 11) is 0. The molecule has 0 aliphatic carbocycles. The Bertz CT molecular complexity index is 650. The van der Waals surface area contributed by atoms with Crippen LogP contribution in [0.2, 0.25) is 0 Å². The summed E-state index contributed by atoms with van der Waals surface area (Å²) in [5, 5.41) is 0. The Morgan fingerprint density at radius 2 is 2.26 bits per heavy atom. The van der Waals surface area contributed by atoms with E-state index in [2.05, 4.69) is 8.75 Å². The van der Waals surface area contributed by atoms with Crippen molar-refractivity contribution in [1.82, 2.24) is 13.6 Å². The van der Waals surface area contributed by atoms with Gasteiger partial charge in [-0.25, -0.2) is 9.59 Å². The van der Waals surface area contributed by atoms with E-state index in [4.69, 9.17) is 14.2 Å². The van der Waals surface area contributed by atoms with E-state index in [1.807, 2.05) is 11.8 Å². The van der Waals surface area contributed by atoms with E-state index in [1.54, 1.807) is 0 Å². The van der Waals surface area contributed by atoms with E-state index in [9.17, 15) is 9.59 Å². The maximum absolute atomic E-state index is 11.9. The third kappa shape index (κ3) is 2.13. The zero-order valence-corrected chi connectivity index (χ0v) is 13.5. The standard InChI is InChI=1S/C14H17N3O5S/c1-2-5-20-11-10(15-23-16-11)14-9(21-12(18)13(19)22-14)6-8-3-4-17(14)7-8/h8-9H,2-7H2,1H3. The van der Waals surface area contributed by atoms with Gasteiger partial charge in [0, 0.05) is 13.1 Å². The molecule has 3 aliphatic rings. The summed E-state index contributed by atoms with van der Waals surface area (Å²) < 4.78 is 25.2. The lowest BCUT2D eigenvalue weighted by Crippen LogP contribution is -2.64. The van der Waals surface area contributed by atoms with Gasteiger partial charge in [-0.15, -0.1) is 4.37 Å². The first kappa shape index (κ1) is 14.8. The number of nitrogens with zero attached hydrogens (tertiary/aromatic N) is 3. The van der Waals surface area contributed by atoms with Crippen LogP contribution in [0.1, 0.15) is 31.9 Å². The molecule has 23 heavy (non-hydrogen) atoms. The molecule has 2 bridgehead atoms. The predicted molar refractivity (Wildman–Crippen MR) is 77.6 cm³/mol. The number of rotatable bonds is 4. The minimum Gasteiger partial charge on any atom is -0.476 e. The molecule has 4 unspecified atom stereocenters. The van der Waals surface area contributed by atoms with E-state index in [0.717, 1.165) is 37.7 Å². The summed E-state index contributed by atoms with van der Waals surface area (Å²) in [6, 6.07) is 0. The molecule has 1 aromatic rings. The van der Waals surface area contributed by atoms with Crippen LogP contribution in [0.4, 0.5) is 0 Å². The Morgan fingerprint density at radius 3 is 3.09 bits per heavy atom. The molecule has 4 atom stereocenters. The molecule has 3 saturated heterocycles. The van der Waals surface area contributed by atoms with Crippen LogP contribution in [0, 0.1) is 5.92 Å². The van der Waals surface area contributed by atoms with Crippen molar-refractivity contribution in [2.45, 2.75) is 38.0 Å². The minimum atomic E-state index is -1.20. The van der Waals surface area contributed by atoms with Crippen LogP contribution in [0.5, 0.6) is 5.88 Å². The largest absolute Gasteiger partial charge is 0.476 e. The molecule has 0 N–H and O–H groups in total. The second kappa shape index (κ2) is 5.41. The van der Waals surface area contributed by atoms with E-state index in [0.29, 0.717) is 30.5 Å². The van der Waals surface area contributed by atoms with Crippen molar-refractivity contribution in [2.24, 2.45) is 5.92 Å². The summed E-state index contributed by atoms with van der Waals surface area (Å²) in [6.07, 6.45) is 1.89. The average Bonchev–Trinajstić information content (AvgIpc) is 3.16. The van der Waals surface area contributed by atoms with Crippen LogP contribution in [0.3, 0.4) is 0 Å². The number of ether oxygens (including phenoxy) is 3. The van der Waals surface area contributed by atoms with Crippen molar-refractivity contribution in [3.63, 3.8) is 0 Å². The Morgan fingerprint density at radius 1 is 1.39 bits per heavy atom. The molecule has 9 heteroatoms. The molecule has 1 aromatic heterocycles. The summed E-state index contributed by atoms with van der Waals surface area (Å²) >= 11 is 1.01. The minimum absolute atomic E-state index is 0.359.